The minimum absolute atomic E-state index is 0.223. The molecule has 23 heteroatoms. The van der Waals surface area contributed by atoms with Crippen molar-refractivity contribution in [3.63, 3.8) is 0 Å². The largest absolute Gasteiger partial charge is 0.229 e. The first-order valence-electron chi connectivity index (χ1n) is 18.3. The number of hydrogen-bond acceptors (Lipinski definition) is 0. The summed E-state index contributed by atoms with van der Waals surface area (Å²) in [4.78, 5) is 0. The predicted octanol–water partition coefficient (Wildman–Crippen LogP) is 8.72. The Morgan fingerprint density at radius 2 is 0.625 bits per heavy atom. The van der Waals surface area contributed by atoms with Crippen molar-refractivity contribution < 1.29 is 87.8 Å². The quantitative estimate of drug-likeness (QED) is 0.0472. The summed E-state index contributed by atoms with van der Waals surface area (Å²) in [7, 11) is -4.57. The van der Waals surface area contributed by atoms with E-state index < -0.39 is 182 Å². The van der Waals surface area contributed by atoms with Crippen molar-refractivity contribution in [2.24, 2.45) is 5.92 Å². The van der Waals surface area contributed by atoms with Gasteiger partial charge in [0.15, 0.2) is 93.1 Å². The van der Waals surface area contributed by atoms with Gasteiger partial charge in [-0.25, -0.2) is 87.8 Å². The zero-order valence-corrected chi connectivity index (χ0v) is 32.4. The Bertz CT molecular complexity index is 2590. The Labute approximate surface area is 348 Å². The van der Waals surface area contributed by atoms with Crippen molar-refractivity contribution in [3.8, 4) is 0 Å². The molecule has 0 nitrogen and oxygen atoms in total. The molecule has 1 saturated heterocycles. The van der Waals surface area contributed by atoms with Crippen LogP contribution in [-0.2, 0) is 0 Å². The standard InChI is InChI=1S/C41H19B2F20P/c1-13-12-64(14-8-4-2-5-9-14,15-10-6-3-7-11-15)41(43(19-25(48)33(56)39(62)34(57)26(19)49)20-27(50)35(58)40(63)36(59)28(20)51)16(13)42(17-21(44)29(52)37(60)30(53)22(17)45)18-23(46)31(54)38(61)32(55)24(18)47/h2-11,13,16,41,43H,12H2,1H3/t13-,16+,41+/m1/s1. The average molecular weight is 944 g/mol. The van der Waals surface area contributed by atoms with E-state index in [4.69, 9.17) is 0 Å². The fourth-order valence-corrected chi connectivity index (χ4v) is 15.9. The first-order valence-corrected chi connectivity index (χ1v) is 20.3. The molecule has 7 rings (SSSR count). The van der Waals surface area contributed by atoms with Crippen LogP contribution in [0.4, 0.5) is 87.8 Å². The Morgan fingerprint density at radius 1 is 0.375 bits per heavy atom. The van der Waals surface area contributed by atoms with Crippen LogP contribution in [0.5, 0.6) is 0 Å². The Hall–Kier alpha value is -5.52. The zero-order valence-electron chi connectivity index (χ0n) is 31.5. The van der Waals surface area contributed by atoms with Crippen LogP contribution in [0.25, 0.3) is 0 Å². The summed E-state index contributed by atoms with van der Waals surface area (Å²) < 4.78 is 313. The lowest BCUT2D eigenvalue weighted by molar-refractivity contribution is 0.381. The number of hydrogen-bond donors (Lipinski definition) is 0. The van der Waals surface area contributed by atoms with E-state index in [1.54, 1.807) is 0 Å². The summed E-state index contributed by atoms with van der Waals surface area (Å²) in [5, 5.41) is -0.446. The molecule has 334 valence electrons. The number of halogens is 20. The van der Waals surface area contributed by atoms with E-state index in [1.165, 1.54) is 36.4 Å². The van der Waals surface area contributed by atoms with E-state index in [2.05, 4.69) is 0 Å². The van der Waals surface area contributed by atoms with Gasteiger partial charge in [-0.2, -0.15) is 0 Å². The maximum absolute atomic E-state index is 16.5. The molecule has 6 aromatic carbocycles. The highest BCUT2D eigenvalue weighted by molar-refractivity contribution is 7.92. The highest BCUT2D eigenvalue weighted by Crippen LogP contribution is 2.72. The van der Waals surface area contributed by atoms with Gasteiger partial charge in [0.1, 0.15) is 23.3 Å². The summed E-state index contributed by atoms with van der Waals surface area (Å²) >= 11 is 0. The highest BCUT2D eigenvalue weighted by Gasteiger charge is 2.65. The topological polar surface area (TPSA) is 0 Å². The normalized spacial score (nSPS) is 17.2. The molecule has 0 aliphatic carbocycles. The molecule has 0 unspecified atom stereocenters. The molecule has 6 aromatic rings. The van der Waals surface area contributed by atoms with Crippen LogP contribution >= 0.6 is 7.26 Å². The molecular formula is C41H19B2F20P. The van der Waals surface area contributed by atoms with Gasteiger partial charge in [-0.1, -0.05) is 43.3 Å². The maximum atomic E-state index is 16.5. The first kappa shape index (κ1) is 46.5. The fourth-order valence-electron chi connectivity index (χ4n) is 9.53. The van der Waals surface area contributed by atoms with Crippen molar-refractivity contribution >= 4 is 53.1 Å². The molecule has 1 heterocycles. The van der Waals surface area contributed by atoms with Gasteiger partial charge in [0.25, 0.3) is 0 Å². The second-order valence-electron chi connectivity index (χ2n) is 15.0. The number of benzene rings is 6. The smallest absolute Gasteiger partial charge is 0.207 e. The third-order valence-electron chi connectivity index (χ3n) is 12.0. The zero-order chi connectivity index (χ0) is 47.2. The van der Waals surface area contributed by atoms with E-state index in [0.717, 1.165) is 31.2 Å². The summed E-state index contributed by atoms with van der Waals surface area (Å²) in [6.07, 6.45) is -0.827. The lowest BCUT2D eigenvalue weighted by atomic mass is 9.24. The Kier molecular flexibility index (Phi) is 12.2. The van der Waals surface area contributed by atoms with Gasteiger partial charge >= 0.3 is 0 Å². The molecule has 0 amide bonds. The average Bonchev–Trinajstić information content (AvgIpc) is 3.60. The summed E-state index contributed by atoms with van der Waals surface area (Å²) in [6, 6.07) is 11.9. The maximum Gasteiger partial charge on any atom is 0.229 e. The molecule has 1 fully saturated rings. The molecule has 0 N–H and O–H groups in total. The van der Waals surface area contributed by atoms with Crippen LogP contribution in [0, 0.1) is 122 Å². The van der Waals surface area contributed by atoms with Gasteiger partial charge in [0.2, 0.25) is 6.71 Å². The molecule has 0 saturated carbocycles. The molecular weight excluding hydrogens is 925 g/mol. The van der Waals surface area contributed by atoms with Crippen LogP contribution in [0.3, 0.4) is 0 Å². The monoisotopic (exact) mass is 944 g/mol. The fraction of sp³-hybridized carbons (Fsp3) is 0.122. The van der Waals surface area contributed by atoms with E-state index in [-0.39, 0.29) is 10.6 Å². The number of rotatable bonds is 8. The van der Waals surface area contributed by atoms with Gasteiger partial charge in [-0.3, -0.25) is 0 Å². The lowest BCUT2D eigenvalue weighted by Gasteiger charge is -2.44. The molecule has 0 spiro atoms. The van der Waals surface area contributed by atoms with Crippen molar-refractivity contribution in [1.82, 2.24) is 0 Å². The SMILES string of the molecule is C[C@@H]1C[P+](c2ccccc2)(c2ccccc2)[C@H]([BH-](c2c(F)c(F)c(F)c(F)c2F)c2c(F)c(F)c(F)c(F)c2F)[C@H]1B(c1c(F)c(F)c(F)c(F)c1F)c1c(F)c(F)c(F)c(F)c1F. The van der Waals surface area contributed by atoms with Crippen molar-refractivity contribution in [3.05, 3.63) is 177 Å². The van der Waals surface area contributed by atoms with Crippen molar-refractivity contribution in [2.45, 2.75) is 18.3 Å². The summed E-state index contributed by atoms with van der Waals surface area (Å²) in [5.41, 5.74) is -12.5. The van der Waals surface area contributed by atoms with Gasteiger partial charge < -0.3 is 0 Å². The third kappa shape index (κ3) is 6.67. The highest BCUT2D eigenvalue weighted by atomic mass is 31.2. The second kappa shape index (κ2) is 16.8. The van der Waals surface area contributed by atoms with E-state index in [1.807, 2.05) is 0 Å². The molecule has 1 aliphatic heterocycles. The summed E-state index contributed by atoms with van der Waals surface area (Å²) in [5.74, 6) is -64.3. The third-order valence-corrected chi connectivity index (χ3v) is 17.4. The van der Waals surface area contributed by atoms with Crippen molar-refractivity contribution in [2.75, 3.05) is 6.16 Å². The minimum atomic E-state index is -5.10. The van der Waals surface area contributed by atoms with Crippen LogP contribution in [0.15, 0.2) is 60.7 Å². The molecule has 0 bridgehead atoms. The summed E-state index contributed by atoms with van der Waals surface area (Å²) in [6.45, 7) is -7.80. The molecule has 64 heavy (non-hydrogen) atoms. The van der Waals surface area contributed by atoms with Crippen LogP contribution in [0.2, 0.25) is 5.82 Å². The molecule has 1 aliphatic rings. The molecule has 0 aromatic heterocycles. The molecule has 3 atom stereocenters. The Morgan fingerprint density at radius 3 is 0.906 bits per heavy atom. The van der Waals surface area contributed by atoms with Crippen molar-refractivity contribution in [1.29, 1.82) is 0 Å². The second-order valence-corrected chi connectivity index (χ2v) is 18.8. The lowest BCUT2D eigenvalue weighted by Crippen LogP contribution is -2.64. The van der Waals surface area contributed by atoms with Gasteiger partial charge in [0.05, 0.1) is 23.5 Å². The predicted molar refractivity (Wildman–Crippen MR) is 197 cm³/mol. The van der Waals surface area contributed by atoms with Gasteiger partial charge in [0, 0.05) is 18.2 Å². The van der Waals surface area contributed by atoms with Crippen LogP contribution in [-0.4, -0.2) is 25.1 Å². The minimum Gasteiger partial charge on any atom is -0.207 e. The first-order chi connectivity index (χ1) is 30.1. The van der Waals surface area contributed by atoms with Gasteiger partial charge in [-0.05, 0) is 41.6 Å². The van der Waals surface area contributed by atoms with E-state index in [9.17, 15) is 17.6 Å². The van der Waals surface area contributed by atoms with Gasteiger partial charge in [-0.15, -0.1) is 10.9 Å². The molecule has 0 radical (unpaired) electrons. The Balaban J connectivity index is 1.82. The van der Waals surface area contributed by atoms with E-state index >= 15 is 70.2 Å². The van der Waals surface area contributed by atoms with Crippen LogP contribution in [0.1, 0.15) is 6.92 Å². The van der Waals surface area contributed by atoms with Crippen LogP contribution < -0.4 is 32.5 Å². The van der Waals surface area contributed by atoms with E-state index in [0.29, 0.717) is 0 Å².